The minimum Gasteiger partial charge on any atom is -0.328 e. The van der Waals surface area contributed by atoms with Crippen LogP contribution in [0.4, 0.5) is 9.18 Å². The molecule has 45 heavy (non-hydrogen) atoms. The molecular formula is C37H52FN6O+. The van der Waals surface area contributed by atoms with Crippen LogP contribution in [-0.4, -0.2) is 82.5 Å². The Labute approximate surface area is 268 Å². The standard InChI is InChI=1S/C37H52FN6O/c1-36(2,3)33(34-41-32(30-15-9-5-10-16-30)26-42(34)25-29-13-7-4-8-14-29)43(28-37(38)19-22-40-27-37)35(45)44(23-11-6-12-24-44)31-17-20-39-21-18-31/h4-5,7-10,13-16,26,31,33,39-40H,6,11-12,17-25,27-28H2,1-3H3/q+1/t33-,37-/m0/s1. The van der Waals surface area contributed by atoms with Crippen LogP contribution in [0, 0.1) is 5.41 Å². The molecule has 242 valence electrons. The van der Waals surface area contributed by atoms with E-state index in [2.05, 4.69) is 78.6 Å². The molecule has 0 radical (unpaired) electrons. The summed E-state index contributed by atoms with van der Waals surface area (Å²) >= 11 is 0. The minimum atomic E-state index is -1.48. The van der Waals surface area contributed by atoms with Crippen molar-refractivity contribution in [3.05, 3.63) is 78.2 Å². The molecule has 7 nitrogen and oxygen atoms in total. The Hall–Kier alpha value is -3.07. The number of likely N-dealkylation sites (tertiary alicyclic amines) is 1. The van der Waals surface area contributed by atoms with Gasteiger partial charge in [0.1, 0.15) is 17.5 Å². The lowest BCUT2D eigenvalue weighted by Crippen LogP contribution is -2.68. The molecule has 1 aromatic heterocycles. The van der Waals surface area contributed by atoms with E-state index in [4.69, 9.17) is 4.98 Å². The highest BCUT2D eigenvalue weighted by molar-refractivity contribution is 5.69. The van der Waals surface area contributed by atoms with Crippen molar-refractivity contribution >= 4 is 6.03 Å². The van der Waals surface area contributed by atoms with Crippen LogP contribution < -0.4 is 10.6 Å². The second-order valence-electron chi connectivity index (χ2n) is 14.7. The van der Waals surface area contributed by atoms with E-state index in [1.54, 1.807) is 0 Å². The molecule has 3 aliphatic heterocycles. The maximum atomic E-state index is 16.7. The van der Waals surface area contributed by atoms with Gasteiger partial charge in [0.15, 0.2) is 0 Å². The zero-order valence-electron chi connectivity index (χ0n) is 27.5. The van der Waals surface area contributed by atoms with Crippen molar-refractivity contribution in [1.82, 2.24) is 25.1 Å². The largest absolute Gasteiger partial charge is 0.420 e. The van der Waals surface area contributed by atoms with Crippen LogP contribution >= 0.6 is 0 Å². The fraction of sp³-hybridized carbons (Fsp3) is 0.568. The Morgan fingerprint density at radius 1 is 1.00 bits per heavy atom. The average molecular weight is 616 g/mol. The third kappa shape index (κ3) is 6.88. The highest BCUT2D eigenvalue weighted by Crippen LogP contribution is 2.43. The van der Waals surface area contributed by atoms with Gasteiger partial charge in [0.05, 0.1) is 31.4 Å². The summed E-state index contributed by atoms with van der Waals surface area (Å²) in [6.45, 7) is 11.7. The predicted octanol–water partition coefficient (Wildman–Crippen LogP) is 6.56. The van der Waals surface area contributed by atoms with Crippen LogP contribution in [0.1, 0.15) is 76.7 Å². The Bertz CT molecular complexity index is 1400. The topological polar surface area (TPSA) is 62.2 Å². The summed E-state index contributed by atoms with van der Waals surface area (Å²) in [5.74, 6) is 0.827. The lowest BCUT2D eigenvalue weighted by molar-refractivity contribution is -0.885. The van der Waals surface area contributed by atoms with Gasteiger partial charge < -0.3 is 15.2 Å². The van der Waals surface area contributed by atoms with Gasteiger partial charge in [-0.05, 0) is 43.2 Å². The molecule has 2 N–H and O–H groups in total. The zero-order valence-corrected chi connectivity index (χ0v) is 27.5. The van der Waals surface area contributed by atoms with Gasteiger partial charge in [0, 0.05) is 50.8 Å². The summed E-state index contributed by atoms with van der Waals surface area (Å²) in [5, 5.41) is 6.76. The number of halogens is 1. The lowest BCUT2D eigenvalue weighted by Gasteiger charge is -2.51. The molecule has 3 aliphatic rings. The number of alkyl halides is 1. The normalized spacial score (nSPS) is 23.1. The van der Waals surface area contributed by atoms with Gasteiger partial charge in [-0.3, -0.25) is 4.90 Å². The molecule has 2 aromatic carbocycles. The molecule has 3 saturated heterocycles. The number of hydrogen-bond acceptors (Lipinski definition) is 4. The van der Waals surface area contributed by atoms with Gasteiger partial charge >= 0.3 is 6.03 Å². The quantitative estimate of drug-likeness (QED) is 0.282. The van der Waals surface area contributed by atoms with Crippen molar-refractivity contribution in [3.63, 3.8) is 0 Å². The first-order valence-electron chi connectivity index (χ1n) is 17.1. The number of amides is 2. The van der Waals surface area contributed by atoms with E-state index in [1.165, 1.54) is 0 Å². The molecule has 0 aliphatic carbocycles. The number of quaternary nitrogens is 1. The number of imidazole rings is 1. The minimum absolute atomic E-state index is 0.0740. The van der Waals surface area contributed by atoms with E-state index in [0.717, 1.165) is 80.9 Å². The summed E-state index contributed by atoms with van der Waals surface area (Å²) < 4.78 is 19.4. The molecule has 2 atom stereocenters. The van der Waals surface area contributed by atoms with Gasteiger partial charge in [-0.1, -0.05) is 81.4 Å². The molecule has 0 saturated carbocycles. The van der Waals surface area contributed by atoms with E-state index in [0.29, 0.717) is 24.0 Å². The zero-order chi connectivity index (χ0) is 31.5. The first-order chi connectivity index (χ1) is 21.7. The number of aromatic nitrogens is 2. The predicted molar refractivity (Wildman–Crippen MR) is 179 cm³/mol. The second kappa shape index (κ2) is 13.3. The van der Waals surface area contributed by atoms with Gasteiger partial charge in [0.2, 0.25) is 0 Å². The SMILES string of the molecule is CC(C)(C)[C@H](c1nc(-c2ccccc2)cn1Cc1ccccc1)N(C[C@]1(F)CCNC1)C(=O)[N+]1(C2CCNCC2)CCCCC1. The van der Waals surface area contributed by atoms with Crippen LogP contribution in [0.3, 0.4) is 0 Å². The average Bonchev–Trinajstić information content (AvgIpc) is 3.67. The smallest absolute Gasteiger partial charge is 0.328 e. The summed E-state index contributed by atoms with van der Waals surface area (Å²) in [7, 11) is 0. The molecule has 2 amide bonds. The fourth-order valence-corrected chi connectivity index (χ4v) is 8.07. The van der Waals surface area contributed by atoms with E-state index >= 15 is 9.18 Å². The Balaban J connectivity index is 1.50. The van der Waals surface area contributed by atoms with E-state index < -0.39 is 17.1 Å². The fourth-order valence-electron chi connectivity index (χ4n) is 8.07. The van der Waals surface area contributed by atoms with Crippen molar-refractivity contribution in [1.29, 1.82) is 0 Å². The number of rotatable bonds is 8. The first kappa shape index (κ1) is 31.9. The van der Waals surface area contributed by atoms with Crippen molar-refractivity contribution in [2.75, 3.05) is 45.8 Å². The molecule has 0 unspecified atom stereocenters. The molecule has 0 spiro atoms. The Kier molecular flexibility index (Phi) is 9.46. The third-order valence-electron chi connectivity index (χ3n) is 10.3. The van der Waals surface area contributed by atoms with Crippen molar-refractivity contribution in [3.8, 4) is 11.3 Å². The Morgan fingerprint density at radius 2 is 1.67 bits per heavy atom. The summed E-state index contributed by atoms with van der Waals surface area (Å²) in [6, 6.07) is 20.6. The maximum absolute atomic E-state index is 16.7. The second-order valence-corrected chi connectivity index (χ2v) is 14.7. The maximum Gasteiger partial charge on any atom is 0.420 e. The molecule has 0 bridgehead atoms. The highest BCUT2D eigenvalue weighted by Gasteiger charge is 2.53. The van der Waals surface area contributed by atoms with Crippen LogP contribution in [0.2, 0.25) is 0 Å². The molecule has 6 rings (SSSR count). The van der Waals surface area contributed by atoms with Gasteiger partial charge in [0.25, 0.3) is 0 Å². The van der Waals surface area contributed by atoms with Crippen LogP contribution in [0.5, 0.6) is 0 Å². The summed E-state index contributed by atoms with van der Waals surface area (Å²) in [6.07, 6.45) is 7.71. The number of nitrogens with one attached hydrogen (secondary N) is 2. The summed E-state index contributed by atoms with van der Waals surface area (Å²) in [4.78, 5) is 22.8. The van der Waals surface area contributed by atoms with Crippen molar-refractivity contribution in [2.45, 2.75) is 83.6 Å². The van der Waals surface area contributed by atoms with E-state index in [9.17, 15) is 0 Å². The van der Waals surface area contributed by atoms with E-state index in [-0.39, 0.29) is 25.2 Å². The molecule has 4 heterocycles. The number of hydrogen-bond donors (Lipinski definition) is 2. The number of carbonyl (C=O) groups is 1. The third-order valence-corrected chi connectivity index (χ3v) is 10.3. The van der Waals surface area contributed by atoms with Gasteiger partial charge in [-0.25, -0.2) is 18.7 Å². The van der Waals surface area contributed by atoms with Crippen LogP contribution in [0.15, 0.2) is 66.9 Å². The molecular weight excluding hydrogens is 563 g/mol. The number of piperidine rings is 2. The number of urea groups is 1. The van der Waals surface area contributed by atoms with Crippen LogP contribution in [-0.2, 0) is 6.54 Å². The molecule has 8 heteroatoms. The van der Waals surface area contributed by atoms with Crippen molar-refractivity contribution in [2.24, 2.45) is 5.41 Å². The van der Waals surface area contributed by atoms with Gasteiger partial charge in [-0.2, -0.15) is 0 Å². The lowest BCUT2D eigenvalue weighted by atomic mass is 9.83. The Morgan fingerprint density at radius 3 is 2.29 bits per heavy atom. The molecule has 3 aromatic rings. The number of nitrogens with zero attached hydrogens (tertiary/aromatic N) is 4. The number of carbonyl (C=O) groups excluding carboxylic acids is 1. The van der Waals surface area contributed by atoms with Gasteiger partial charge in [-0.15, -0.1) is 0 Å². The van der Waals surface area contributed by atoms with Crippen LogP contribution in [0.25, 0.3) is 11.3 Å². The van der Waals surface area contributed by atoms with Crippen molar-refractivity contribution < 1.29 is 13.7 Å². The summed E-state index contributed by atoms with van der Waals surface area (Å²) in [5.41, 5.74) is 1.19. The first-order valence-corrected chi connectivity index (χ1v) is 17.1. The number of benzene rings is 2. The molecule has 3 fully saturated rings. The monoisotopic (exact) mass is 615 g/mol. The highest BCUT2D eigenvalue weighted by atomic mass is 19.1. The van der Waals surface area contributed by atoms with E-state index in [1.807, 2.05) is 29.2 Å².